The van der Waals surface area contributed by atoms with Crippen LogP contribution in [0.4, 0.5) is 0 Å². The van der Waals surface area contributed by atoms with Crippen LogP contribution in [0.3, 0.4) is 0 Å². The highest BCUT2D eigenvalue weighted by Gasteiger charge is 2.00. The fourth-order valence-corrected chi connectivity index (χ4v) is 1.94. The lowest BCUT2D eigenvalue weighted by molar-refractivity contribution is -0.120. The Morgan fingerprint density at radius 2 is 2.53 bits per heavy atom. The summed E-state index contributed by atoms with van der Waals surface area (Å²) in [5, 5.41) is 14.0. The zero-order chi connectivity index (χ0) is 11.1. The lowest BCUT2D eigenvalue weighted by atomic mass is 10.3. The monoisotopic (exact) mass is 223 g/mol. The number of thiazole rings is 1. The molecule has 1 N–H and O–H groups in total. The first kappa shape index (κ1) is 11.7. The van der Waals surface area contributed by atoms with E-state index in [9.17, 15) is 4.79 Å². The molecule has 0 unspecified atom stereocenters. The second kappa shape index (κ2) is 6.14. The predicted molar refractivity (Wildman–Crippen MR) is 58.4 cm³/mol. The number of amides is 1. The van der Waals surface area contributed by atoms with Crippen LogP contribution in [0.15, 0.2) is 5.38 Å². The smallest absolute Gasteiger partial charge is 0.234 e. The van der Waals surface area contributed by atoms with E-state index in [0.29, 0.717) is 6.54 Å². The maximum Gasteiger partial charge on any atom is 0.234 e. The van der Waals surface area contributed by atoms with Gasteiger partial charge in [-0.2, -0.15) is 5.26 Å². The molecule has 0 radical (unpaired) electrons. The van der Waals surface area contributed by atoms with E-state index in [0.717, 1.165) is 23.5 Å². The van der Waals surface area contributed by atoms with Crippen molar-refractivity contribution in [3.63, 3.8) is 0 Å². The van der Waals surface area contributed by atoms with Gasteiger partial charge in [0.25, 0.3) is 0 Å². The first-order valence-corrected chi connectivity index (χ1v) is 5.65. The van der Waals surface area contributed by atoms with Gasteiger partial charge in [0.05, 0.1) is 11.1 Å². The molecule has 0 fully saturated rings. The van der Waals surface area contributed by atoms with E-state index in [1.165, 1.54) is 0 Å². The van der Waals surface area contributed by atoms with Gasteiger partial charge >= 0.3 is 0 Å². The lowest BCUT2D eigenvalue weighted by Gasteiger charge is -2.00. The molecule has 0 saturated heterocycles. The van der Waals surface area contributed by atoms with Gasteiger partial charge in [0.2, 0.25) is 5.91 Å². The number of nitriles is 1. The number of aryl methyl sites for hydroxylation is 2. The van der Waals surface area contributed by atoms with E-state index in [1.54, 1.807) is 11.3 Å². The Balaban J connectivity index is 2.12. The molecule has 0 aromatic carbocycles. The van der Waals surface area contributed by atoms with Crippen molar-refractivity contribution in [3.8, 4) is 6.07 Å². The van der Waals surface area contributed by atoms with Gasteiger partial charge in [-0.3, -0.25) is 4.79 Å². The zero-order valence-electron chi connectivity index (χ0n) is 8.62. The van der Waals surface area contributed by atoms with Crippen LogP contribution < -0.4 is 5.32 Å². The van der Waals surface area contributed by atoms with Crippen molar-refractivity contribution in [2.45, 2.75) is 26.2 Å². The molecule has 1 rings (SSSR count). The number of nitrogens with one attached hydrogen (secondary N) is 1. The van der Waals surface area contributed by atoms with Crippen LogP contribution in [0.25, 0.3) is 0 Å². The minimum atomic E-state index is -0.201. The third-order valence-electron chi connectivity index (χ3n) is 1.80. The fraction of sp³-hybridized carbons (Fsp3) is 0.500. The molecule has 0 aliphatic rings. The fourth-order valence-electron chi connectivity index (χ4n) is 1.12. The van der Waals surface area contributed by atoms with Crippen molar-refractivity contribution in [1.29, 1.82) is 5.26 Å². The minimum Gasteiger partial charge on any atom is -0.355 e. The summed E-state index contributed by atoms with van der Waals surface area (Å²) in [6, 6.07) is 1.81. The lowest BCUT2D eigenvalue weighted by Crippen LogP contribution is -2.23. The molecule has 0 spiro atoms. The summed E-state index contributed by atoms with van der Waals surface area (Å²) in [6.07, 6.45) is 1.69. The van der Waals surface area contributed by atoms with Crippen molar-refractivity contribution in [1.82, 2.24) is 10.3 Å². The van der Waals surface area contributed by atoms with E-state index in [4.69, 9.17) is 5.26 Å². The Morgan fingerprint density at radius 3 is 3.13 bits per heavy atom. The summed E-state index contributed by atoms with van der Waals surface area (Å²) in [5.41, 5.74) is 1.04. The first-order chi connectivity index (χ1) is 7.22. The molecule has 5 heteroatoms. The van der Waals surface area contributed by atoms with Gasteiger partial charge in [-0.1, -0.05) is 0 Å². The van der Waals surface area contributed by atoms with Crippen LogP contribution in [0.1, 0.15) is 23.5 Å². The zero-order valence-corrected chi connectivity index (χ0v) is 9.43. The molecule has 80 valence electrons. The molecule has 4 nitrogen and oxygen atoms in total. The van der Waals surface area contributed by atoms with Crippen LogP contribution in [0.5, 0.6) is 0 Å². The Hall–Kier alpha value is -1.41. The van der Waals surface area contributed by atoms with Crippen molar-refractivity contribution in [2.75, 3.05) is 6.54 Å². The largest absolute Gasteiger partial charge is 0.355 e. The molecule has 0 aliphatic heterocycles. The van der Waals surface area contributed by atoms with E-state index in [-0.39, 0.29) is 12.3 Å². The highest BCUT2D eigenvalue weighted by atomic mass is 32.1. The molecule has 0 aliphatic carbocycles. The molecule has 0 atom stereocenters. The van der Waals surface area contributed by atoms with Crippen LogP contribution in [-0.4, -0.2) is 17.4 Å². The van der Waals surface area contributed by atoms with Crippen molar-refractivity contribution < 1.29 is 4.79 Å². The second-order valence-electron chi connectivity index (χ2n) is 3.17. The maximum atomic E-state index is 10.9. The van der Waals surface area contributed by atoms with E-state index in [1.807, 2.05) is 18.4 Å². The van der Waals surface area contributed by atoms with Gasteiger partial charge in [0.1, 0.15) is 6.42 Å². The SMILES string of the molecule is Cc1csc(CCCNC(=O)CC#N)n1. The molecule has 15 heavy (non-hydrogen) atoms. The molecule has 0 bridgehead atoms. The molecular weight excluding hydrogens is 210 g/mol. The van der Waals surface area contributed by atoms with E-state index in [2.05, 4.69) is 10.3 Å². The van der Waals surface area contributed by atoms with Gasteiger partial charge < -0.3 is 5.32 Å². The van der Waals surface area contributed by atoms with Gasteiger partial charge in [-0.15, -0.1) is 11.3 Å². The van der Waals surface area contributed by atoms with Crippen molar-refractivity contribution in [2.24, 2.45) is 0 Å². The summed E-state index contributed by atoms with van der Waals surface area (Å²) >= 11 is 1.64. The van der Waals surface area contributed by atoms with Crippen LogP contribution in [-0.2, 0) is 11.2 Å². The van der Waals surface area contributed by atoms with Gasteiger partial charge in [0, 0.05) is 24.0 Å². The number of carbonyl (C=O) groups excluding carboxylic acids is 1. The normalized spacial score (nSPS) is 9.60. The quantitative estimate of drug-likeness (QED) is 0.768. The topological polar surface area (TPSA) is 65.8 Å². The minimum absolute atomic E-state index is 0.0592. The number of rotatable bonds is 5. The molecular formula is C10H13N3OS. The van der Waals surface area contributed by atoms with Gasteiger partial charge in [0.15, 0.2) is 0 Å². The number of aromatic nitrogens is 1. The molecule has 1 aromatic heterocycles. The van der Waals surface area contributed by atoms with Crippen molar-refractivity contribution in [3.05, 3.63) is 16.1 Å². The van der Waals surface area contributed by atoms with E-state index < -0.39 is 0 Å². The Morgan fingerprint density at radius 1 is 1.73 bits per heavy atom. The first-order valence-electron chi connectivity index (χ1n) is 4.77. The molecule has 0 saturated carbocycles. The van der Waals surface area contributed by atoms with Crippen molar-refractivity contribution >= 4 is 17.2 Å². The summed E-state index contributed by atoms with van der Waals surface area (Å²) in [5.74, 6) is -0.201. The highest BCUT2D eigenvalue weighted by molar-refractivity contribution is 7.09. The maximum absolute atomic E-state index is 10.9. The number of hydrogen-bond acceptors (Lipinski definition) is 4. The van der Waals surface area contributed by atoms with Gasteiger partial charge in [-0.25, -0.2) is 4.98 Å². The van der Waals surface area contributed by atoms with Crippen LogP contribution in [0, 0.1) is 18.3 Å². The third-order valence-corrected chi connectivity index (χ3v) is 2.82. The standard InChI is InChI=1S/C10H13N3OS/c1-8-7-15-10(13-8)3-2-6-12-9(14)4-5-11/h7H,2-4,6H2,1H3,(H,12,14). The summed E-state index contributed by atoms with van der Waals surface area (Å²) < 4.78 is 0. The highest BCUT2D eigenvalue weighted by Crippen LogP contribution is 2.10. The molecule has 1 heterocycles. The Bertz CT molecular complexity index is 367. The molecule has 1 amide bonds. The predicted octanol–water partition coefficient (Wildman–Crippen LogP) is 1.41. The second-order valence-corrected chi connectivity index (χ2v) is 4.11. The number of nitrogens with zero attached hydrogens (tertiary/aromatic N) is 2. The average molecular weight is 223 g/mol. The van der Waals surface area contributed by atoms with E-state index >= 15 is 0 Å². The Labute approximate surface area is 92.9 Å². The number of carbonyl (C=O) groups is 1. The van der Waals surface area contributed by atoms with Crippen LogP contribution >= 0.6 is 11.3 Å². The Kier molecular flexibility index (Phi) is 4.78. The van der Waals surface area contributed by atoms with Crippen LogP contribution in [0.2, 0.25) is 0 Å². The summed E-state index contributed by atoms with van der Waals surface area (Å²) in [6.45, 7) is 2.58. The third kappa shape index (κ3) is 4.56. The average Bonchev–Trinajstić information content (AvgIpc) is 2.60. The molecule has 1 aromatic rings. The summed E-state index contributed by atoms with van der Waals surface area (Å²) in [4.78, 5) is 15.2. The number of hydrogen-bond donors (Lipinski definition) is 1. The summed E-state index contributed by atoms with van der Waals surface area (Å²) in [7, 11) is 0. The van der Waals surface area contributed by atoms with Gasteiger partial charge in [-0.05, 0) is 13.3 Å².